The number of rotatable bonds is 1. The molecule has 1 aliphatic heterocycles. The number of fused-ring (bicyclic) bond motifs is 1. The predicted molar refractivity (Wildman–Crippen MR) is 72.8 cm³/mol. The average Bonchev–Trinajstić information content (AvgIpc) is 2.71. The van der Waals surface area contributed by atoms with Crippen molar-refractivity contribution in [1.82, 2.24) is 10.3 Å². The maximum Gasteiger partial charge on any atom is 0.0974 e. The second-order valence-electron chi connectivity index (χ2n) is 6.31. The van der Waals surface area contributed by atoms with Gasteiger partial charge in [0.1, 0.15) is 0 Å². The molecule has 17 heavy (non-hydrogen) atoms. The SMILES string of the molecule is CC1(C)CCc2nc(C3CCCNC3)sc2C1. The van der Waals surface area contributed by atoms with E-state index in [4.69, 9.17) is 4.98 Å². The molecule has 0 saturated carbocycles. The van der Waals surface area contributed by atoms with E-state index in [9.17, 15) is 0 Å². The van der Waals surface area contributed by atoms with Crippen LogP contribution in [0.25, 0.3) is 0 Å². The Morgan fingerprint density at radius 2 is 2.29 bits per heavy atom. The summed E-state index contributed by atoms with van der Waals surface area (Å²) in [6.07, 6.45) is 6.36. The van der Waals surface area contributed by atoms with Crippen LogP contribution in [0.3, 0.4) is 0 Å². The molecule has 1 saturated heterocycles. The van der Waals surface area contributed by atoms with Crippen LogP contribution in [0.5, 0.6) is 0 Å². The number of aryl methyl sites for hydroxylation is 1. The van der Waals surface area contributed by atoms with Gasteiger partial charge in [-0.2, -0.15) is 0 Å². The van der Waals surface area contributed by atoms with E-state index < -0.39 is 0 Å². The standard InChI is InChI=1S/C14H22N2S/c1-14(2)6-5-11-12(8-14)17-13(16-11)10-4-3-7-15-9-10/h10,15H,3-9H2,1-2H3. The molecule has 1 N–H and O–H groups in total. The zero-order valence-electron chi connectivity index (χ0n) is 10.9. The van der Waals surface area contributed by atoms with Gasteiger partial charge < -0.3 is 5.32 Å². The summed E-state index contributed by atoms with van der Waals surface area (Å²) in [5.74, 6) is 0.683. The normalized spacial score (nSPS) is 27.8. The third-order valence-electron chi connectivity index (χ3n) is 4.12. The fourth-order valence-corrected chi connectivity index (χ4v) is 4.46. The van der Waals surface area contributed by atoms with Crippen LogP contribution >= 0.6 is 11.3 Å². The van der Waals surface area contributed by atoms with Crippen LogP contribution in [-0.2, 0) is 12.8 Å². The van der Waals surface area contributed by atoms with E-state index in [-0.39, 0.29) is 0 Å². The van der Waals surface area contributed by atoms with Gasteiger partial charge in [0, 0.05) is 17.3 Å². The number of nitrogens with zero attached hydrogens (tertiary/aromatic N) is 1. The molecular weight excluding hydrogens is 228 g/mol. The minimum Gasteiger partial charge on any atom is -0.316 e. The van der Waals surface area contributed by atoms with Gasteiger partial charge in [0.25, 0.3) is 0 Å². The monoisotopic (exact) mass is 250 g/mol. The van der Waals surface area contributed by atoms with Gasteiger partial charge in [0.15, 0.2) is 0 Å². The quantitative estimate of drug-likeness (QED) is 0.828. The van der Waals surface area contributed by atoms with Crippen molar-refractivity contribution in [2.45, 2.75) is 51.9 Å². The fraction of sp³-hybridized carbons (Fsp3) is 0.786. The molecule has 1 fully saturated rings. The van der Waals surface area contributed by atoms with Crippen LogP contribution in [0.1, 0.15) is 54.6 Å². The zero-order valence-corrected chi connectivity index (χ0v) is 11.7. The molecule has 0 bridgehead atoms. The Labute approximate surface area is 108 Å². The number of nitrogens with one attached hydrogen (secondary N) is 1. The highest BCUT2D eigenvalue weighted by atomic mass is 32.1. The Bertz CT molecular complexity index is 402. The Morgan fingerprint density at radius 3 is 3.06 bits per heavy atom. The van der Waals surface area contributed by atoms with Gasteiger partial charge in [0.05, 0.1) is 10.7 Å². The zero-order chi connectivity index (χ0) is 11.9. The van der Waals surface area contributed by atoms with E-state index in [0.29, 0.717) is 11.3 Å². The molecule has 94 valence electrons. The summed E-state index contributed by atoms with van der Waals surface area (Å²) in [4.78, 5) is 6.49. The van der Waals surface area contributed by atoms with Crippen molar-refractivity contribution in [1.29, 1.82) is 0 Å². The maximum atomic E-state index is 4.92. The molecule has 1 aromatic heterocycles. The molecule has 2 heterocycles. The van der Waals surface area contributed by atoms with Crippen LogP contribution in [0.4, 0.5) is 0 Å². The van der Waals surface area contributed by atoms with Crippen molar-refractivity contribution < 1.29 is 0 Å². The summed E-state index contributed by atoms with van der Waals surface area (Å²) < 4.78 is 0. The van der Waals surface area contributed by atoms with Gasteiger partial charge in [0.2, 0.25) is 0 Å². The van der Waals surface area contributed by atoms with Crippen LogP contribution in [0, 0.1) is 5.41 Å². The minimum atomic E-state index is 0.488. The van der Waals surface area contributed by atoms with E-state index in [1.165, 1.54) is 49.4 Å². The molecule has 1 atom stereocenters. The van der Waals surface area contributed by atoms with E-state index in [2.05, 4.69) is 19.2 Å². The highest BCUT2D eigenvalue weighted by Crippen LogP contribution is 2.39. The second kappa shape index (κ2) is 4.36. The van der Waals surface area contributed by atoms with Gasteiger partial charge in [-0.1, -0.05) is 13.8 Å². The Morgan fingerprint density at radius 1 is 1.41 bits per heavy atom. The van der Waals surface area contributed by atoms with Crippen LogP contribution in [0.2, 0.25) is 0 Å². The maximum absolute atomic E-state index is 4.92. The van der Waals surface area contributed by atoms with Gasteiger partial charge in [-0.05, 0) is 44.1 Å². The summed E-state index contributed by atoms with van der Waals surface area (Å²) >= 11 is 1.99. The van der Waals surface area contributed by atoms with Crippen molar-refractivity contribution in [2.75, 3.05) is 13.1 Å². The molecule has 0 aromatic carbocycles. The summed E-state index contributed by atoms with van der Waals surface area (Å²) in [6.45, 7) is 7.10. The summed E-state index contributed by atoms with van der Waals surface area (Å²) in [5.41, 5.74) is 1.90. The molecule has 1 aliphatic carbocycles. The van der Waals surface area contributed by atoms with E-state index >= 15 is 0 Å². The lowest BCUT2D eigenvalue weighted by Gasteiger charge is -2.28. The number of thiazole rings is 1. The Hall–Kier alpha value is -0.410. The molecule has 2 aliphatic rings. The predicted octanol–water partition coefficient (Wildman–Crippen LogP) is 3.13. The molecule has 2 nitrogen and oxygen atoms in total. The van der Waals surface area contributed by atoms with E-state index in [1.54, 1.807) is 4.88 Å². The molecular formula is C14H22N2S. The lowest BCUT2D eigenvalue weighted by molar-refractivity contribution is 0.316. The lowest BCUT2D eigenvalue weighted by atomic mass is 9.79. The van der Waals surface area contributed by atoms with Crippen LogP contribution in [-0.4, -0.2) is 18.1 Å². The van der Waals surface area contributed by atoms with Crippen molar-refractivity contribution in [3.63, 3.8) is 0 Å². The molecule has 0 spiro atoms. The molecule has 0 radical (unpaired) electrons. The first-order valence-corrected chi connectivity index (χ1v) is 7.65. The van der Waals surface area contributed by atoms with E-state index in [0.717, 1.165) is 6.54 Å². The smallest absolute Gasteiger partial charge is 0.0974 e. The van der Waals surface area contributed by atoms with Crippen LogP contribution < -0.4 is 5.32 Å². The number of hydrogen-bond acceptors (Lipinski definition) is 3. The van der Waals surface area contributed by atoms with Gasteiger partial charge >= 0.3 is 0 Å². The highest BCUT2D eigenvalue weighted by molar-refractivity contribution is 7.11. The summed E-state index contributed by atoms with van der Waals surface area (Å²) in [7, 11) is 0. The molecule has 1 aromatic rings. The largest absolute Gasteiger partial charge is 0.316 e. The Balaban J connectivity index is 1.82. The highest BCUT2D eigenvalue weighted by Gasteiger charge is 2.29. The number of piperidine rings is 1. The number of aromatic nitrogens is 1. The first-order valence-electron chi connectivity index (χ1n) is 6.83. The average molecular weight is 250 g/mol. The topological polar surface area (TPSA) is 24.9 Å². The van der Waals surface area contributed by atoms with Gasteiger partial charge in [-0.15, -0.1) is 11.3 Å². The van der Waals surface area contributed by atoms with Gasteiger partial charge in [-0.3, -0.25) is 0 Å². The lowest BCUT2D eigenvalue weighted by Crippen LogP contribution is -2.28. The first-order chi connectivity index (χ1) is 8.14. The summed E-state index contributed by atoms with van der Waals surface area (Å²) in [5, 5.41) is 4.90. The van der Waals surface area contributed by atoms with Crippen molar-refractivity contribution in [3.05, 3.63) is 15.6 Å². The summed E-state index contributed by atoms with van der Waals surface area (Å²) in [6, 6.07) is 0. The fourth-order valence-electron chi connectivity index (χ4n) is 2.95. The third-order valence-corrected chi connectivity index (χ3v) is 5.38. The third kappa shape index (κ3) is 2.41. The molecule has 3 rings (SSSR count). The first kappa shape index (κ1) is 11.7. The minimum absolute atomic E-state index is 0.488. The molecule has 0 amide bonds. The Kier molecular flexibility index (Phi) is 2.99. The molecule has 3 heteroatoms. The van der Waals surface area contributed by atoms with E-state index in [1.807, 2.05) is 11.3 Å². The second-order valence-corrected chi connectivity index (χ2v) is 7.42. The molecule has 1 unspecified atom stereocenters. The van der Waals surface area contributed by atoms with Crippen molar-refractivity contribution >= 4 is 11.3 Å². The number of hydrogen-bond donors (Lipinski definition) is 1. The van der Waals surface area contributed by atoms with Crippen LogP contribution in [0.15, 0.2) is 0 Å². The van der Waals surface area contributed by atoms with Crippen molar-refractivity contribution in [3.8, 4) is 0 Å². The van der Waals surface area contributed by atoms with Gasteiger partial charge in [-0.25, -0.2) is 4.98 Å². The van der Waals surface area contributed by atoms with Crippen molar-refractivity contribution in [2.24, 2.45) is 5.41 Å².